The van der Waals surface area contributed by atoms with Crippen molar-refractivity contribution >= 4 is 21.7 Å². The molecule has 0 aliphatic rings. The molecule has 0 aliphatic heterocycles. The minimum atomic E-state index is -1.05. The van der Waals surface area contributed by atoms with Crippen LogP contribution in [0, 0.1) is 11.6 Å². The first kappa shape index (κ1) is 13.7. The Morgan fingerprint density at radius 1 is 1.11 bits per heavy atom. The van der Waals surface area contributed by atoms with Crippen molar-refractivity contribution in [3.8, 4) is 5.75 Å². The fourth-order valence-electron chi connectivity index (χ4n) is 1.46. The molecule has 2 aromatic rings. The summed E-state index contributed by atoms with van der Waals surface area (Å²) in [7, 11) is 0. The number of rotatable bonds is 4. The Balaban J connectivity index is 2.03. The van der Waals surface area contributed by atoms with E-state index in [0.29, 0.717) is 5.75 Å². The predicted molar refractivity (Wildman–Crippen MR) is 70.3 cm³/mol. The highest BCUT2D eigenvalue weighted by Gasteiger charge is 2.10. The van der Waals surface area contributed by atoms with Gasteiger partial charge >= 0.3 is 0 Å². The van der Waals surface area contributed by atoms with Gasteiger partial charge < -0.3 is 4.74 Å². The van der Waals surface area contributed by atoms with Gasteiger partial charge in [-0.2, -0.15) is 0 Å². The molecule has 0 spiro atoms. The molecule has 2 rings (SSSR count). The third kappa shape index (κ3) is 3.61. The van der Waals surface area contributed by atoms with Gasteiger partial charge in [0.25, 0.3) is 0 Å². The average Bonchev–Trinajstić information content (AvgIpc) is 2.39. The highest BCUT2D eigenvalue weighted by molar-refractivity contribution is 9.10. The second-order valence-corrected chi connectivity index (χ2v) is 4.71. The fourth-order valence-corrected chi connectivity index (χ4v) is 1.84. The lowest BCUT2D eigenvalue weighted by Crippen LogP contribution is -2.12. The molecule has 0 saturated carbocycles. The number of benzene rings is 2. The Kier molecular flexibility index (Phi) is 4.27. The van der Waals surface area contributed by atoms with E-state index in [9.17, 15) is 13.6 Å². The Morgan fingerprint density at radius 2 is 1.89 bits per heavy atom. The van der Waals surface area contributed by atoms with Crippen molar-refractivity contribution in [1.29, 1.82) is 0 Å². The molecule has 5 heteroatoms. The van der Waals surface area contributed by atoms with E-state index in [4.69, 9.17) is 4.74 Å². The van der Waals surface area contributed by atoms with Crippen LogP contribution >= 0.6 is 15.9 Å². The summed E-state index contributed by atoms with van der Waals surface area (Å²) in [6.45, 7) is -0.235. The van der Waals surface area contributed by atoms with E-state index in [-0.39, 0.29) is 12.2 Å². The monoisotopic (exact) mass is 326 g/mol. The zero-order valence-corrected chi connectivity index (χ0v) is 11.3. The zero-order valence-electron chi connectivity index (χ0n) is 9.70. The number of hydrogen-bond acceptors (Lipinski definition) is 2. The van der Waals surface area contributed by atoms with Crippen molar-refractivity contribution in [3.63, 3.8) is 0 Å². The standard InChI is InChI=1S/C14H9BrF2O2/c15-10-2-1-3-11(7-10)19-8-14(18)9-4-5-12(16)13(17)6-9/h1-7H,8H2. The second-order valence-electron chi connectivity index (χ2n) is 3.80. The highest BCUT2D eigenvalue weighted by atomic mass is 79.9. The Hall–Kier alpha value is -1.75. The normalized spacial score (nSPS) is 10.3. The number of carbonyl (C=O) groups is 1. The van der Waals surface area contributed by atoms with Crippen LogP contribution in [0.2, 0.25) is 0 Å². The summed E-state index contributed by atoms with van der Waals surface area (Å²) in [6, 6.07) is 10.0. The number of carbonyl (C=O) groups excluding carboxylic acids is 1. The first-order valence-electron chi connectivity index (χ1n) is 5.43. The molecule has 19 heavy (non-hydrogen) atoms. The van der Waals surface area contributed by atoms with Crippen molar-refractivity contribution in [2.75, 3.05) is 6.61 Å². The molecule has 2 aromatic carbocycles. The fraction of sp³-hybridized carbons (Fsp3) is 0.0714. The lowest BCUT2D eigenvalue weighted by Gasteiger charge is -2.06. The van der Waals surface area contributed by atoms with Crippen LogP contribution in [0.3, 0.4) is 0 Å². The van der Waals surface area contributed by atoms with Crippen LogP contribution in [0.5, 0.6) is 5.75 Å². The first-order chi connectivity index (χ1) is 9.06. The lowest BCUT2D eigenvalue weighted by molar-refractivity contribution is 0.0921. The van der Waals surface area contributed by atoms with Crippen LogP contribution in [0.4, 0.5) is 8.78 Å². The number of hydrogen-bond donors (Lipinski definition) is 0. The van der Waals surface area contributed by atoms with Crippen molar-refractivity contribution in [2.24, 2.45) is 0 Å². The average molecular weight is 327 g/mol. The third-order valence-corrected chi connectivity index (χ3v) is 2.90. The molecule has 0 saturated heterocycles. The molecule has 0 unspecified atom stereocenters. The maximum absolute atomic E-state index is 13.0. The van der Waals surface area contributed by atoms with Crippen molar-refractivity contribution in [3.05, 3.63) is 64.1 Å². The van der Waals surface area contributed by atoms with E-state index in [2.05, 4.69) is 15.9 Å². The van der Waals surface area contributed by atoms with Gasteiger partial charge in [0.05, 0.1) is 0 Å². The molecule has 0 aromatic heterocycles. The predicted octanol–water partition coefficient (Wildman–Crippen LogP) is 3.99. The molecule has 0 amide bonds. The van der Waals surface area contributed by atoms with Gasteiger partial charge in [0.2, 0.25) is 0 Å². The molecule has 0 N–H and O–H groups in total. The molecular weight excluding hydrogens is 318 g/mol. The summed E-state index contributed by atoms with van der Waals surface area (Å²) in [5, 5.41) is 0. The summed E-state index contributed by atoms with van der Waals surface area (Å²) in [5.41, 5.74) is 0.0777. The van der Waals surface area contributed by atoms with Gasteiger partial charge in [0.15, 0.2) is 24.0 Å². The Labute approximate surface area is 117 Å². The van der Waals surface area contributed by atoms with Gasteiger partial charge in [-0.3, -0.25) is 4.79 Å². The maximum Gasteiger partial charge on any atom is 0.200 e. The van der Waals surface area contributed by atoms with Crippen LogP contribution in [0.25, 0.3) is 0 Å². The summed E-state index contributed by atoms with van der Waals surface area (Å²) in [4.78, 5) is 11.7. The molecule has 98 valence electrons. The van der Waals surface area contributed by atoms with Crippen LogP contribution in [-0.4, -0.2) is 12.4 Å². The van der Waals surface area contributed by atoms with Crippen LogP contribution in [0.15, 0.2) is 46.9 Å². The lowest BCUT2D eigenvalue weighted by atomic mass is 10.1. The Morgan fingerprint density at radius 3 is 2.58 bits per heavy atom. The Bertz CT molecular complexity index is 614. The summed E-state index contributed by atoms with van der Waals surface area (Å²) < 4.78 is 31.8. The van der Waals surface area contributed by atoms with Crippen molar-refractivity contribution in [2.45, 2.75) is 0 Å². The number of ketones is 1. The highest BCUT2D eigenvalue weighted by Crippen LogP contribution is 2.18. The molecule has 0 radical (unpaired) electrons. The largest absolute Gasteiger partial charge is 0.485 e. The SMILES string of the molecule is O=C(COc1cccc(Br)c1)c1ccc(F)c(F)c1. The van der Waals surface area contributed by atoms with E-state index in [1.807, 2.05) is 6.07 Å². The third-order valence-electron chi connectivity index (χ3n) is 2.41. The molecule has 0 bridgehead atoms. The van der Waals surface area contributed by atoms with Gasteiger partial charge in [-0.1, -0.05) is 22.0 Å². The van der Waals surface area contributed by atoms with E-state index in [1.165, 1.54) is 6.07 Å². The van der Waals surface area contributed by atoms with Gasteiger partial charge in [-0.05, 0) is 36.4 Å². The summed E-state index contributed by atoms with van der Waals surface area (Å²) in [5.74, 6) is -1.93. The topological polar surface area (TPSA) is 26.3 Å². The first-order valence-corrected chi connectivity index (χ1v) is 6.22. The van der Waals surface area contributed by atoms with Crippen LogP contribution < -0.4 is 4.74 Å². The minimum absolute atomic E-state index is 0.0777. The smallest absolute Gasteiger partial charge is 0.200 e. The maximum atomic E-state index is 13.0. The van der Waals surface area contributed by atoms with Crippen molar-refractivity contribution < 1.29 is 18.3 Å². The molecule has 0 heterocycles. The van der Waals surface area contributed by atoms with Gasteiger partial charge in [-0.25, -0.2) is 8.78 Å². The molecule has 0 fully saturated rings. The van der Waals surface area contributed by atoms with Gasteiger partial charge in [0, 0.05) is 10.0 Å². The van der Waals surface area contributed by atoms with Gasteiger partial charge in [0.1, 0.15) is 5.75 Å². The molecular formula is C14H9BrF2O2. The van der Waals surface area contributed by atoms with Crippen LogP contribution in [-0.2, 0) is 0 Å². The zero-order chi connectivity index (χ0) is 13.8. The van der Waals surface area contributed by atoms with Gasteiger partial charge in [-0.15, -0.1) is 0 Å². The van der Waals surface area contributed by atoms with E-state index < -0.39 is 17.4 Å². The number of halogens is 3. The number of Topliss-reactive ketones (excluding diaryl/α,β-unsaturated/α-hetero) is 1. The quantitative estimate of drug-likeness (QED) is 0.794. The molecule has 0 aliphatic carbocycles. The van der Waals surface area contributed by atoms with E-state index in [1.54, 1.807) is 18.2 Å². The van der Waals surface area contributed by atoms with Crippen LogP contribution in [0.1, 0.15) is 10.4 Å². The van der Waals surface area contributed by atoms with E-state index >= 15 is 0 Å². The minimum Gasteiger partial charge on any atom is -0.485 e. The van der Waals surface area contributed by atoms with E-state index in [0.717, 1.165) is 16.6 Å². The second kappa shape index (κ2) is 5.93. The number of ether oxygens (including phenoxy) is 1. The molecule has 0 atom stereocenters. The summed E-state index contributed by atoms with van der Waals surface area (Å²) >= 11 is 3.28. The molecule has 2 nitrogen and oxygen atoms in total. The van der Waals surface area contributed by atoms with Crippen molar-refractivity contribution in [1.82, 2.24) is 0 Å². The summed E-state index contributed by atoms with van der Waals surface area (Å²) in [6.07, 6.45) is 0.